The van der Waals surface area contributed by atoms with E-state index in [0.717, 1.165) is 31.3 Å². The molecule has 0 radical (unpaired) electrons. The van der Waals surface area contributed by atoms with Gasteiger partial charge in [-0.05, 0) is 38.3 Å². The van der Waals surface area contributed by atoms with Crippen molar-refractivity contribution in [3.05, 3.63) is 18.2 Å². The van der Waals surface area contributed by atoms with Crippen molar-refractivity contribution in [1.82, 2.24) is 14.9 Å². The lowest BCUT2D eigenvalue weighted by molar-refractivity contribution is 0.266. The zero-order valence-corrected chi connectivity index (χ0v) is 9.74. The summed E-state index contributed by atoms with van der Waals surface area (Å²) in [6.07, 6.45) is 6.44. The highest BCUT2D eigenvalue weighted by Gasteiger charge is 2.22. The molecule has 3 nitrogen and oxygen atoms in total. The second-order valence-corrected chi connectivity index (χ2v) is 4.56. The summed E-state index contributed by atoms with van der Waals surface area (Å²) in [5.41, 5.74) is 0. The molecule has 0 aliphatic carbocycles. The quantitative estimate of drug-likeness (QED) is 0.817. The lowest BCUT2D eigenvalue weighted by Gasteiger charge is -2.29. The van der Waals surface area contributed by atoms with E-state index in [4.69, 9.17) is 0 Å². The van der Waals surface area contributed by atoms with Gasteiger partial charge in [0.2, 0.25) is 0 Å². The summed E-state index contributed by atoms with van der Waals surface area (Å²) in [5.74, 6) is 2.84. The first-order valence-corrected chi connectivity index (χ1v) is 6.02. The highest BCUT2D eigenvalue weighted by molar-refractivity contribution is 4.95. The molecule has 1 aromatic rings. The van der Waals surface area contributed by atoms with E-state index < -0.39 is 0 Å². The van der Waals surface area contributed by atoms with Gasteiger partial charge in [0.15, 0.2) is 0 Å². The van der Waals surface area contributed by atoms with Gasteiger partial charge in [0.25, 0.3) is 0 Å². The normalized spacial score (nSPS) is 26.8. The molecule has 15 heavy (non-hydrogen) atoms. The van der Waals surface area contributed by atoms with Gasteiger partial charge in [-0.15, -0.1) is 0 Å². The van der Waals surface area contributed by atoms with Crippen LogP contribution in [0.3, 0.4) is 0 Å². The fourth-order valence-electron chi connectivity index (χ4n) is 2.42. The van der Waals surface area contributed by atoms with Crippen molar-refractivity contribution in [3.8, 4) is 0 Å². The first-order valence-electron chi connectivity index (χ1n) is 6.02. The van der Waals surface area contributed by atoms with E-state index in [-0.39, 0.29) is 0 Å². The predicted molar refractivity (Wildman–Crippen MR) is 61.7 cm³/mol. The summed E-state index contributed by atoms with van der Waals surface area (Å²) in [4.78, 5) is 4.46. The van der Waals surface area contributed by atoms with Crippen molar-refractivity contribution in [2.24, 2.45) is 11.8 Å². The van der Waals surface area contributed by atoms with Crippen LogP contribution >= 0.6 is 0 Å². The molecule has 0 bridgehead atoms. The molecule has 0 spiro atoms. The molecule has 84 valence electrons. The van der Waals surface area contributed by atoms with Crippen LogP contribution in [0.5, 0.6) is 0 Å². The Morgan fingerprint density at radius 2 is 2.47 bits per heavy atom. The minimum atomic E-state index is 0.778. The molecular formula is C12H21N3. The lowest BCUT2D eigenvalue weighted by Crippen LogP contribution is -2.36. The maximum Gasteiger partial charge on any atom is 0.108 e. The standard InChI is InChI=1S/C12H21N3/c1-3-15-7-6-14-12(15)8-11-4-5-13-9-10(11)2/h6-7,10-11,13H,3-5,8-9H2,1-2H3. The third kappa shape index (κ3) is 2.40. The molecule has 2 rings (SSSR count). The Hall–Kier alpha value is -0.830. The van der Waals surface area contributed by atoms with Crippen LogP contribution in [0.15, 0.2) is 12.4 Å². The van der Waals surface area contributed by atoms with Gasteiger partial charge in [0.05, 0.1) is 0 Å². The van der Waals surface area contributed by atoms with Crippen LogP contribution in [-0.4, -0.2) is 22.6 Å². The van der Waals surface area contributed by atoms with Gasteiger partial charge in [-0.3, -0.25) is 0 Å². The molecule has 1 aliphatic rings. The zero-order valence-electron chi connectivity index (χ0n) is 9.74. The minimum absolute atomic E-state index is 0.778. The third-order valence-corrected chi connectivity index (χ3v) is 3.55. The second kappa shape index (κ2) is 4.79. The molecule has 2 unspecified atom stereocenters. The van der Waals surface area contributed by atoms with Gasteiger partial charge < -0.3 is 9.88 Å². The van der Waals surface area contributed by atoms with E-state index in [0.29, 0.717) is 0 Å². The molecule has 1 saturated heterocycles. The van der Waals surface area contributed by atoms with Gasteiger partial charge in [-0.2, -0.15) is 0 Å². The first-order chi connectivity index (χ1) is 7.31. The van der Waals surface area contributed by atoms with Crippen molar-refractivity contribution in [2.45, 2.75) is 33.2 Å². The fourth-order valence-corrected chi connectivity index (χ4v) is 2.42. The molecular weight excluding hydrogens is 186 g/mol. The Balaban J connectivity index is 2.01. The molecule has 1 aliphatic heterocycles. The Bertz CT molecular complexity index is 306. The lowest BCUT2D eigenvalue weighted by atomic mass is 9.85. The molecule has 1 N–H and O–H groups in total. The monoisotopic (exact) mass is 207 g/mol. The summed E-state index contributed by atoms with van der Waals surface area (Å²) in [5, 5.41) is 3.45. The smallest absolute Gasteiger partial charge is 0.108 e. The van der Waals surface area contributed by atoms with Crippen LogP contribution in [0, 0.1) is 11.8 Å². The molecule has 2 heterocycles. The van der Waals surface area contributed by atoms with Gasteiger partial charge >= 0.3 is 0 Å². The number of rotatable bonds is 3. The zero-order chi connectivity index (χ0) is 10.7. The number of imidazole rings is 1. The number of aromatic nitrogens is 2. The Morgan fingerprint density at radius 3 is 3.20 bits per heavy atom. The van der Waals surface area contributed by atoms with Gasteiger partial charge in [0.1, 0.15) is 5.82 Å². The van der Waals surface area contributed by atoms with Crippen LogP contribution < -0.4 is 5.32 Å². The van der Waals surface area contributed by atoms with Crippen molar-refractivity contribution in [3.63, 3.8) is 0 Å². The van der Waals surface area contributed by atoms with Crippen LogP contribution in [0.2, 0.25) is 0 Å². The molecule has 0 saturated carbocycles. The van der Waals surface area contributed by atoms with Crippen LogP contribution in [0.25, 0.3) is 0 Å². The number of piperidine rings is 1. The number of hydrogen-bond acceptors (Lipinski definition) is 2. The van der Waals surface area contributed by atoms with Crippen molar-refractivity contribution < 1.29 is 0 Å². The van der Waals surface area contributed by atoms with Gasteiger partial charge in [-0.1, -0.05) is 6.92 Å². The van der Waals surface area contributed by atoms with E-state index in [1.807, 2.05) is 6.20 Å². The maximum absolute atomic E-state index is 4.46. The molecule has 2 atom stereocenters. The number of hydrogen-bond donors (Lipinski definition) is 1. The summed E-state index contributed by atoms with van der Waals surface area (Å²) in [6.45, 7) is 7.89. The fraction of sp³-hybridized carbons (Fsp3) is 0.750. The Labute approximate surface area is 91.9 Å². The number of aryl methyl sites for hydroxylation is 1. The summed E-state index contributed by atoms with van der Waals surface area (Å²) in [6, 6.07) is 0. The van der Waals surface area contributed by atoms with E-state index in [1.54, 1.807) is 0 Å². The SMILES string of the molecule is CCn1ccnc1CC1CCNCC1C. The molecule has 1 fully saturated rings. The van der Waals surface area contributed by atoms with E-state index in [2.05, 4.69) is 34.9 Å². The topological polar surface area (TPSA) is 29.9 Å². The predicted octanol–water partition coefficient (Wildman–Crippen LogP) is 1.69. The Morgan fingerprint density at radius 1 is 1.60 bits per heavy atom. The average molecular weight is 207 g/mol. The van der Waals surface area contributed by atoms with E-state index in [9.17, 15) is 0 Å². The molecule has 0 aromatic carbocycles. The van der Waals surface area contributed by atoms with Crippen molar-refractivity contribution in [2.75, 3.05) is 13.1 Å². The average Bonchev–Trinajstić information content (AvgIpc) is 2.69. The van der Waals surface area contributed by atoms with E-state index in [1.165, 1.54) is 18.8 Å². The largest absolute Gasteiger partial charge is 0.335 e. The van der Waals surface area contributed by atoms with Crippen LogP contribution in [0.4, 0.5) is 0 Å². The van der Waals surface area contributed by atoms with Crippen LogP contribution in [-0.2, 0) is 13.0 Å². The summed E-state index contributed by atoms with van der Waals surface area (Å²) in [7, 11) is 0. The minimum Gasteiger partial charge on any atom is -0.335 e. The van der Waals surface area contributed by atoms with Crippen molar-refractivity contribution in [1.29, 1.82) is 0 Å². The second-order valence-electron chi connectivity index (χ2n) is 4.56. The Kier molecular flexibility index (Phi) is 3.41. The third-order valence-electron chi connectivity index (χ3n) is 3.55. The highest BCUT2D eigenvalue weighted by atomic mass is 15.1. The molecule has 3 heteroatoms. The maximum atomic E-state index is 4.46. The van der Waals surface area contributed by atoms with Gasteiger partial charge in [0, 0.05) is 25.4 Å². The van der Waals surface area contributed by atoms with Crippen molar-refractivity contribution >= 4 is 0 Å². The number of nitrogens with one attached hydrogen (secondary N) is 1. The van der Waals surface area contributed by atoms with E-state index >= 15 is 0 Å². The van der Waals surface area contributed by atoms with Gasteiger partial charge in [-0.25, -0.2) is 4.98 Å². The summed E-state index contributed by atoms with van der Waals surface area (Å²) >= 11 is 0. The highest BCUT2D eigenvalue weighted by Crippen LogP contribution is 2.22. The number of nitrogens with zero attached hydrogens (tertiary/aromatic N) is 2. The first kappa shape index (κ1) is 10.7. The summed E-state index contributed by atoms with van der Waals surface area (Å²) < 4.78 is 2.26. The van der Waals surface area contributed by atoms with Crippen LogP contribution in [0.1, 0.15) is 26.1 Å². The molecule has 0 amide bonds. The molecule has 1 aromatic heterocycles.